The van der Waals surface area contributed by atoms with E-state index in [1.54, 1.807) is 0 Å². The highest BCUT2D eigenvalue weighted by Crippen LogP contribution is 2.24. The molecule has 0 heterocycles. The normalized spacial score (nSPS) is 13.2. The van der Waals surface area contributed by atoms with Gasteiger partial charge >= 0.3 is 6.09 Å². The summed E-state index contributed by atoms with van der Waals surface area (Å²) < 4.78 is 5.25. The lowest BCUT2D eigenvalue weighted by atomic mass is 9.88. The standard InChI is InChI=1S/C18H21NO3/c1-2-18(14-20,16-11-7-4-8-12-16)19-17(21)22-13-15-9-5-3-6-10-15/h3-12,20H,2,13-14H2,1H3,(H,19,21). The maximum absolute atomic E-state index is 12.1. The van der Waals surface area contributed by atoms with Crippen molar-refractivity contribution in [1.82, 2.24) is 5.32 Å². The number of carbonyl (C=O) groups excluding carboxylic acids is 1. The van der Waals surface area contributed by atoms with Crippen LogP contribution in [0.3, 0.4) is 0 Å². The number of ether oxygens (including phenoxy) is 1. The van der Waals surface area contributed by atoms with Crippen LogP contribution in [0, 0.1) is 0 Å². The highest BCUT2D eigenvalue weighted by atomic mass is 16.5. The first-order valence-corrected chi connectivity index (χ1v) is 7.35. The Morgan fingerprint density at radius 3 is 2.23 bits per heavy atom. The van der Waals surface area contributed by atoms with Gasteiger partial charge in [-0.05, 0) is 17.5 Å². The Hall–Kier alpha value is -2.33. The summed E-state index contributed by atoms with van der Waals surface area (Å²) in [5, 5.41) is 12.6. The largest absolute Gasteiger partial charge is 0.445 e. The zero-order valence-corrected chi connectivity index (χ0v) is 12.7. The third-order valence-corrected chi connectivity index (χ3v) is 3.75. The molecule has 0 aliphatic carbocycles. The predicted molar refractivity (Wildman–Crippen MR) is 85.3 cm³/mol. The Morgan fingerprint density at radius 2 is 1.68 bits per heavy atom. The third kappa shape index (κ3) is 3.86. The molecular formula is C18H21NO3. The van der Waals surface area contributed by atoms with Gasteiger partial charge in [-0.15, -0.1) is 0 Å². The second-order valence-corrected chi connectivity index (χ2v) is 5.15. The lowest BCUT2D eigenvalue weighted by molar-refractivity contribution is 0.103. The van der Waals surface area contributed by atoms with Crippen LogP contribution in [-0.2, 0) is 16.9 Å². The maximum Gasteiger partial charge on any atom is 0.408 e. The molecule has 2 aromatic carbocycles. The van der Waals surface area contributed by atoms with Crippen LogP contribution in [0.4, 0.5) is 4.79 Å². The molecule has 0 saturated heterocycles. The number of alkyl carbamates (subject to hydrolysis) is 1. The molecule has 0 aromatic heterocycles. The van der Waals surface area contributed by atoms with Gasteiger partial charge in [-0.1, -0.05) is 67.6 Å². The molecule has 4 heteroatoms. The molecule has 2 N–H and O–H groups in total. The van der Waals surface area contributed by atoms with Crippen LogP contribution < -0.4 is 5.32 Å². The zero-order chi connectivity index (χ0) is 15.8. The summed E-state index contributed by atoms with van der Waals surface area (Å²) in [6, 6.07) is 18.9. The fourth-order valence-electron chi connectivity index (χ4n) is 2.32. The van der Waals surface area contributed by atoms with Crippen molar-refractivity contribution >= 4 is 6.09 Å². The van der Waals surface area contributed by atoms with E-state index in [4.69, 9.17) is 4.74 Å². The molecule has 1 atom stereocenters. The predicted octanol–water partition coefficient (Wildman–Crippen LogP) is 3.21. The van der Waals surface area contributed by atoms with Crippen LogP contribution in [0.2, 0.25) is 0 Å². The first-order valence-electron chi connectivity index (χ1n) is 7.35. The van der Waals surface area contributed by atoms with Crippen molar-refractivity contribution in [2.45, 2.75) is 25.5 Å². The molecule has 2 rings (SSSR count). The molecule has 0 radical (unpaired) electrons. The van der Waals surface area contributed by atoms with Crippen LogP contribution >= 0.6 is 0 Å². The van der Waals surface area contributed by atoms with Gasteiger partial charge in [-0.25, -0.2) is 4.79 Å². The van der Waals surface area contributed by atoms with Crippen LogP contribution in [0.1, 0.15) is 24.5 Å². The third-order valence-electron chi connectivity index (χ3n) is 3.75. The minimum atomic E-state index is -0.824. The maximum atomic E-state index is 12.1. The summed E-state index contributed by atoms with van der Waals surface area (Å²) in [7, 11) is 0. The molecule has 22 heavy (non-hydrogen) atoms. The molecule has 0 aliphatic rings. The van der Waals surface area contributed by atoms with Gasteiger partial charge in [0.15, 0.2) is 0 Å². The summed E-state index contributed by atoms with van der Waals surface area (Å²) in [5.74, 6) is 0. The van der Waals surface area contributed by atoms with Crippen LogP contribution in [0.15, 0.2) is 60.7 Å². The quantitative estimate of drug-likeness (QED) is 0.861. The molecule has 0 fully saturated rings. The Labute approximate surface area is 130 Å². The summed E-state index contributed by atoms with van der Waals surface area (Å²) in [6.07, 6.45) is 0.0251. The SMILES string of the molecule is CCC(CO)(NC(=O)OCc1ccccc1)c1ccccc1. The Bertz CT molecular complexity index is 580. The van der Waals surface area contributed by atoms with Crippen molar-refractivity contribution in [2.24, 2.45) is 0 Å². The van der Waals surface area contributed by atoms with Crippen molar-refractivity contribution in [1.29, 1.82) is 0 Å². The zero-order valence-electron chi connectivity index (χ0n) is 12.7. The molecule has 0 bridgehead atoms. The van der Waals surface area contributed by atoms with E-state index in [-0.39, 0.29) is 13.2 Å². The van der Waals surface area contributed by atoms with Crippen molar-refractivity contribution in [3.8, 4) is 0 Å². The van der Waals surface area contributed by atoms with Crippen LogP contribution in [-0.4, -0.2) is 17.8 Å². The van der Waals surface area contributed by atoms with Gasteiger partial charge in [0, 0.05) is 0 Å². The minimum Gasteiger partial charge on any atom is -0.445 e. The van der Waals surface area contributed by atoms with E-state index in [0.717, 1.165) is 11.1 Å². The number of aliphatic hydroxyl groups excluding tert-OH is 1. The monoisotopic (exact) mass is 299 g/mol. The molecule has 2 aromatic rings. The second kappa shape index (κ2) is 7.61. The molecule has 0 saturated carbocycles. The topological polar surface area (TPSA) is 58.6 Å². The first-order chi connectivity index (χ1) is 10.7. The Balaban J connectivity index is 2.03. The van der Waals surface area contributed by atoms with Crippen LogP contribution in [0.5, 0.6) is 0 Å². The lowest BCUT2D eigenvalue weighted by Crippen LogP contribution is -2.48. The first kappa shape index (κ1) is 16.0. The summed E-state index contributed by atoms with van der Waals surface area (Å²) in [5.41, 5.74) is 0.954. The fourth-order valence-corrected chi connectivity index (χ4v) is 2.32. The summed E-state index contributed by atoms with van der Waals surface area (Å²) in [4.78, 5) is 12.1. The number of rotatable bonds is 6. The van der Waals surface area contributed by atoms with Gasteiger partial charge < -0.3 is 15.2 Å². The lowest BCUT2D eigenvalue weighted by Gasteiger charge is -2.32. The van der Waals surface area contributed by atoms with Gasteiger partial charge in [0.1, 0.15) is 6.61 Å². The smallest absolute Gasteiger partial charge is 0.408 e. The van der Waals surface area contributed by atoms with E-state index in [1.807, 2.05) is 67.6 Å². The molecule has 116 valence electrons. The van der Waals surface area contributed by atoms with Crippen LogP contribution in [0.25, 0.3) is 0 Å². The Kier molecular flexibility index (Phi) is 5.55. The van der Waals surface area contributed by atoms with Gasteiger partial charge in [0.2, 0.25) is 0 Å². The van der Waals surface area contributed by atoms with E-state index in [1.165, 1.54) is 0 Å². The number of aliphatic hydroxyl groups is 1. The van der Waals surface area contributed by atoms with Gasteiger partial charge in [0.05, 0.1) is 12.1 Å². The van der Waals surface area contributed by atoms with Crippen molar-refractivity contribution in [2.75, 3.05) is 6.61 Å². The fraction of sp³-hybridized carbons (Fsp3) is 0.278. The van der Waals surface area contributed by atoms with Crippen molar-refractivity contribution in [3.63, 3.8) is 0 Å². The second-order valence-electron chi connectivity index (χ2n) is 5.15. The van der Waals surface area contributed by atoms with E-state index in [9.17, 15) is 9.90 Å². The molecular weight excluding hydrogens is 278 g/mol. The number of carbonyl (C=O) groups is 1. The number of hydrogen-bond donors (Lipinski definition) is 2. The number of benzene rings is 2. The van der Waals surface area contributed by atoms with E-state index >= 15 is 0 Å². The van der Waals surface area contributed by atoms with Gasteiger partial charge in [-0.2, -0.15) is 0 Å². The van der Waals surface area contributed by atoms with Gasteiger partial charge in [-0.3, -0.25) is 0 Å². The minimum absolute atomic E-state index is 0.187. The van der Waals surface area contributed by atoms with Gasteiger partial charge in [0.25, 0.3) is 0 Å². The molecule has 1 amide bonds. The molecule has 1 unspecified atom stereocenters. The van der Waals surface area contributed by atoms with Crippen molar-refractivity contribution in [3.05, 3.63) is 71.8 Å². The Morgan fingerprint density at radius 1 is 1.09 bits per heavy atom. The molecule has 0 aliphatic heterocycles. The highest BCUT2D eigenvalue weighted by Gasteiger charge is 2.32. The molecule has 4 nitrogen and oxygen atoms in total. The van der Waals surface area contributed by atoms with E-state index in [0.29, 0.717) is 6.42 Å². The van der Waals surface area contributed by atoms with E-state index in [2.05, 4.69) is 5.32 Å². The number of amides is 1. The summed E-state index contributed by atoms with van der Waals surface area (Å²) in [6.45, 7) is 1.93. The van der Waals surface area contributed by atoms with E-state index < -0.39 is 11.6 Å². The average Bonchev–Trinajstić information content (AvgIpc) is 2.60. The highest BCUT2D eigenvalue weighted by molar-refractivity contribution is 5.68. The average molecular weight is 299 g/mol. The number of hydrogen-bond acceptors (Lipinski definition) is 3. The van der Waals surface area contributed by atoms with Crippen molar-refractivity contribution < 1.29 is 14.6 Å². The molecule has 0 spiro atoms. The summed E-state index contributed by atoms with van der Waals surface area (Å²) >= 11 is 0. The number of nitrogens with one attached hydrogen (secondary N) is 1.